The summed E-state index contributed by atoms with van der Waals surface area (Å²) in [6, 6.07) is 6.93. The smallest absolute Gasteiger partial charge is 0.243 e. The lowest BCUT2D eigenvalue weighted by Crippen LogP contribution is -2.48. The van der Waals surface area contributed by atoms with Crippen LogP contribution in [-0.4, -0.2) is 47.6 Å². The lowest BCUT2D eigenvalue weighted by molar-refractivity contribution is -0.0440. The molecule has 0 bridgehead atoms. The SMILES string of the molecule is CCCn1cncc1CNc1ccc(S(=O)(=O)N2CC(C)OC(C)C2)cc1. The van der Waals surface area contributed by atoms with Crippen LogP contribution in [0.1, 0.15) is 32.9 Å². The minimum atomic E-state index is -3.51. The third-order valence-electron chi connectivity index (χ3n) is 4.61. The van der Waals surface area contributed by atoms with Crippen molar-refractivity contribution in [2.24, 2.45) is 0 Å². The average Bonchev–Trinajstić information content (AvgIpc) is 3.07. The van der Waals surface area contributed by atoms with Crippen molar-refractivity contribution in [3.63, 3.8) is 0 Å². The lowest BCUT2D eigenvalue weighted by Gasteiger charge is -2.34. The van der Waals surface area contributed by atoms with Gasteiger partial charge in [0.2, 0.25) is 10.0 Å². The Balaban J connectivity index is 1.66. The molecule has 0 radical (unpaired) electrons. The highest BCUT2D eigenvalue weighted by Crippen LogP contribution is 2.22. The quantitative estimate of drug-likeness (QED) is 0.784. The lowest BCUT2D eigenvalue weighted by atomic mass is 10.3. The molecule has 1 aromatic carbocycles. The molecule has 3 rings (SSSR count). The minimum absolute atomic E-state index is 0.0996. The van der Waals surface area contributed by atoms with Crippen molar-refractivity contribution in [1.82, 2.24) is 13.9 Å². The van der Waals surface area contributed by atoms with E-state index < -0.39 is 10.0 Å². The van der Waals surface area contributed by atoms with Gasteiger partial charge >= 0.3 is 0 Å². The molecule has 1 aliphatic rings. The van der Waals surface area contributed by atoms with E-state index >= 15 is 0 Å². The van der Waals surface area contributed by atoms with Gasteiger partial charge in [0, 0.05) is 31.5 Å². The van der Waals surface area contributed by atoms with Crippen LogP contribution in [0.2, 0.25) is 0 Å². The molecule has 1 aromatic heterocycles. The summed E-state index contributed by atoms with van der Waals surface area (Å²) < 4.78 is 35.0. The van der Waals surface area contributed by atoms with Crippen LogP contribution in [-0.2, 0) is 27.8 Å². The fourth-order valence-corrected chi connectivity index (χ4v) is 4.94. The summed E-state index contributed by atoms with van der Waals surface area (Å²) in [7, 11) is -3.51. The topological polar surface area (TPSA) is 76.5 Å². The number of aromatic nitrogens is 2. The summed E-state index contributed by atoms with van der Waals surface area (Å²) in [6.07, 6.45) is 4.53. The Kier molecular flexibility index (Phi) is 6.18. The molecule has 1 aliphatic heterocycles. The third kappa shape index (κ3) is 4.69. The second-order valence-electron chi connectivity index (χ2n) is 7.04. The molecule has 27 heavy (non-hydrogen) atoms. The molecule has 0 amide bonds. The second-order valence-corrected chi connectivity index (χ2v) is 8.97. The van der Waals surface area contributed by atoms with Crippen molar-refractivity contribution in [1.29, 1.82) is 0 Å². The summed E-state index contributed by atoms with van der Waals surface area (Å²) in [5.41, 5.74) is 1.98. The number of rotatable bonds is 7. The Hall–Kier alpha value is -1.90. The molecule has 2 heterocycles. The Labute approximate surface area is 161 Å². The number of morpholine rings is 1. The molecule has 148 valence electrons. The van der Waals surface area contributed by atoms with E-state index in [0.717, 1.165) is 24.3 Å². The molecular formula is C19H28N4O3S. The van der Waals surface area contributed by atoms with Crippen LogP contribution in [0, 0.1) is 0 Å². The number of ether oxygens (including phenoxy) is 1. The van der Waals surface area contributed by atoms with Crippen molar-refractivity contribution in [2.45, 2.75) is 57.4 Å². The van der Waals surface area contributed by atoms with Crippen LogP contribution in [0.4, 0.5) is 5.69 Å². The van der Waals surface area contributed by atoms with Crippen molar-refractivity contribution in [3.05, 3.63) is 42.5 Å². The van der Waals surface area contributed by atoms with Gasteiger partial charge in [-0.25, -0.2) is 13.4 Å². The molecular weight excluding hydrogens is 364 g/mol. The number of imidazole rings is 1. The highest BCUT2D eigenvalue weighted by atomic mass is 32.2. The van der Waals surface area contributed by atoms with Crippen LogP contribution in [0.5, 0.6) is 0 Å². The molecule has 8 heteroatoms. The zero-order valence-corrected chi connectivity index (χ0v) is 16.9. The normalized spacial score (nSPS) is 21.3. The predicted molar refractivity (Wildman–Crippen MR) is 105 cm³/mol. The molecule has 0 spiro atoms. The molecule has 1 saturated heterocycles. The van der Waals surface area contributed by atoms with E-state index in [1.165, 1.54) is 4.31 Å². The minimum Gasteiger partial charge on any atom is -0.379 e. The first-order valence-corrected chi connectivity index (χ1v) is 10.8. The zero-order chi connectivity index (χ0) is 19.4. The van der Waals surface area contributed by atoms with E-state index in [2.05, 4.69) is 21.8 Å². The van der Waals surface area contributed by atoms with Gasteiger partial charge in [-0.3, -0.25) is 0 Å². The summed E-state index contributed by atoms with van der Waals surface area (Å²) in [6.45, 7) is 8.27. The number of hydrogen-bond donors (Lipinski definition) is 1. The monoisotopic (exact) mass is 392 g/mol. The molecule has 0 saturated carbocycles. The first-order chi connectivity index (χ1) is 12.9. The van der Waals surface area contributed by atoms with E-state index in [4.69, 9.17) is 4.74 Å². The van der Waals surface area contributed by atoms with Gasteiger partial charge in [-0.2, -0.15) is 4.31 Å². The van der Waals surface area contributed by atoms with Gasteiger partial charge in [0.1, 0.15) is 0 Å². The maximum Gasteiger partial charge on any atom is 0.243 e. The van der Waals surface area contributed by atoms with Gasteiger partial charge in [0.05, 0.1) is 35.7 Å². The maximum absolute atomic E-state index is 12.9. The first-order valence-electron chi connectivity index (χ1n) is 9.38. The fraction of sp³-hybridized carbons (Fsp3) is 0.526. The molecule has 2 unspecified atom stereocenters. The van der Waals surface area contributed by atoms with Crippen LogP contribution >= 0.6 is 0 Å². The van der Waals surface area contributed by atoms with E-state index in [9.17, 15) is 8.42 Å². The third-order valence-corrected chi connectivity index (χ3v) is 6.46. The fourth-order valence-electron chi connectivity index (χ4n) is 3.35. The van der Waals surface area contributed by atoms with E-state index in [0.29, 0.717) is 24.5 Å². The number of sulfonamides is 1. The highest BCUT2D eigenvalue weighted by molar-refractivity contribution is 7.89. The number of nitrogens with one attached hydrogen (secondary N) is 1. The summed E-state index contributed by atoms with van der Waals surface area (Å²) in [5, 5.41) is 3.33. The van der Waals surface area contributed by atoms with Gasteiger partial charge < -0.3 is 14.6 Å². The van der Waals surface area contributed by atoms with Gasteiger partial charge in [0.25, 0.3) is 0 Å². The predicted octanol–water partition coefficient (Wildman–Crippen LogP) is 2.70. The van der Waals surface area contributed by atoms with Gasteiger partial charge in [-0.1, -0.05) is 6.92 Å². The molecule has 1 N–H and O–H groups in total. The number of anilines is 1. The van der Waals surface area contributed by atoms with Crippen LogP contribution in [0.25, 0.3) is 0 Å². The largest absolute Gasteiger partial charge is 0.379 e. The molecule has 0 aliphatic carbocycles. The second kappa shape index (κ2) is 8.41. The summed E-state index contributed by atoms with van der Waals surface area (Å²) in [4.78, 5) is 4.50. The number of nitrogens with zero attached hydrogens (tertiary/aromatic N) is 3. The highest BCUT2D eigenvalue weighted by Gasteiger charge is 2.32. The maximum atomic E-state index is 12.9. The van der Waals surface area contributed by atoms with Crippen molar-refractivity contribution < 1.29 is 13.2 Å². The number of benzene rings is 1. The number of aryl methyl sites for hydroxylation is 1. The van der Waals surface area contributed by atoms with Crippen LogP contribution < -0.4 is 5.32 Å². The summed E-state index contributed by atoms with van der Waals surface area (Å²) >= 11 is 0. The van der Waals surface area contributed by atoms with Crippen molar-refractivity contribution in [3.8, 4) is 0 Å². The van der Waals surface area contributed by atoms with Gasteiger partial charge in [-0.05, 0) is 44.5 Å². The Morgan fingerprint density at radius 2 is 1.85 bits per heavy atom. The van der Waals surface area contributed by atoms with E-state index in [1.807, 2.05) is 26.4 Å². The van der Waals surface area contributed by atoms with E-state index in [1.54, 1.807) is 24.3 Å². The first kappa shape index (κ1) is 19.9. The average molecular weight is 393 g/mol. The summed E-state index contributed by atoms with van der Waals surface area (Å²) in [5.74, 6) is 0. The zero-order valence-electron chi connectivity index (χ0n) is 16.1. The molecule has 1 fully saturated rings. The van der Waals surface area contributed by atoms with Gasteiger partial charge in [-0.15, -0.1) is 0 Å². The van der Waals surface area contributed by atoms with Crippen molar-refractivity contribution >= 4 is 15.7 Å². The standard InChI is InChI=1S/C19H28N4O3S/c1-4-9-22-14-20-10-18(22)11-21-17-5-7-19(8-6-17)27(24,25)23-12-15(2)26-16(3)13-23/h5-8,10,14-16,21H,4,9,11-13H2,1-3H3. The van der Waals surface area contributed by atoms with Crippen LogP contribution in [0.15, 0.2) is 41.7 Å². The van der Waals surface area contributed by atoms with Crippen molar-refractivity contribution in [2.75, 3.05) is 18.4 Å². The molecule has 7 nitrogen and oxygen atoms in total. The van der Waals surface area contributed by atoms with Gasteiger partial charge in [0.15, 0.2) is 0 Å². The number of hydrogen-bond acceptors (Lipinski definition) is 5. The molecule has 2 atom stereocenters. The Bertz CT molecular complexity index is 838. The molecule has 2 aromatic rings. The van der Waals surface area contributed by atoms with E-state index in [-0.39, 0.29) is 12.2 Å². The van der Waals surface area contributed by atoms with Crippen LogP contribution in [0.3, 0.4) is 0 Å². The Morgan fingerprint density at radius 3 is 2.48 bits per heavy atom. The Morgan fingerprint density at radius 1 is 1.19 bits per heavy atom.